The second-order valence-corrected chi connectivity index (χ2v) is 2.16. The number of benzene rings is 1. The predicted molar refractivity (Wildman–Crippen MR) is 35.1 cm³/mol. The van der Waals surface area contributed by atoms with E-state index in [4.69, 9.17) is 0 Å². The standard InChI is InChI=1S/C8H6O4.Fe/c9-7(10)5-2-1-3-6(4-5)8(11)12;/h1-4H,(H,9,10)(H,11,12);/q;+2/p-2. The molecule has 0 radical (unpaired) electrons. The molecule has 0 spiro atoms. The first kappa shape index (κ1) is 11.7. The van der Waals surface area contributed by atoms with Crippen LogP contribution in [0.15, 0.2) is 24.3 Å². The normalized spacial score (nSPS) is 8.62. The minimum absolute atomic E-state index is 0. The van der Waals surface area contributed by atoms with Crippen molar-refractivity contribution in [3.63, 3.8) is 0 Å². The largest absolute Gasteiger partial charge is 2.00 e. The van der Waals surface area contributed by atoms with E-state index in [0.29, 0.717) is 0 Å². The Balaban J connectivity index is 0.00000144. The summed E-state index contributed by atoms with van der Waals surface area (Å²) >= 11 is 0. The first-order chi connectivity index (χ1) is 5.61. The van der Waals surface area contributed by atoms with Gasteiger partial charge in [0.2, 0.25) is 0 Å². The number of carboxylic acid groups (broad SMARTS) is 2. The first-order valence-electron chi connectivity index (χ1n) is 3.14. The molecule has 13 heavy (non-hydrogen) atoms. The summed E-state index contributed by atoms with van der Waals surface area (Å²) in [6.45, 7) is 0. The van der Waals surface area contributed by atoms with Crippen LogP contribution in [0.1, 0.15) is 20.7 Å². The molecular formula is C8H4FeO4. The average molecular weight is 220 g/mol. The van der Waals surface area contributed by atoms with Crippen LogP contribution in [0.3, 0.4) is 0 Å². The summed E-state index contributed by atoms with van der Waals surface area (Å²) < 4.78 is 0. The van der Waals surface area contributed by atoms with Gasteiger partial charge >= 0.3 is 17.1 Å². The number of hydrogen-bond donors (Lipinski definition) is 0. The molecule has 0 heterocycles. The SMILES string of the molecule is O=C([O-])c1cccc(C(=O)[O-])c1.[Fe+2]. The van der Waals surface area contributed by atoms with Gasteiger partial charge in [-0.15, -0.1) is 0 Å². The van der Waals surface area contributed by atoms with Gasteiger partial charge in [0.25, 0.3) is 0 Å². The predicted octanol–water partition coefficient (Wildman–Crippen LogP) is -1.59. The van der Waals surface area contributed by atoms with Gasteiger partial charge in [-0.1, -0.05) is 18.2 Å². The molecule has 0 saturated heterocycles. The summed E-state index contributed by atoms with van der Waals surface area (Å²) in [6.07, 6.45) is 0. The molecule has 68 valence electrons. The smallest absolute Gasteiger partial charge is 0.545 e. The van der Waals surface area contributed by atoms with Crippen molar-refractivity contribution in [1.82, 2.24) is 0 Å². The van der Waals surface area contributed by atoms with Crippen molar-refractivity contribution in [2.75, 3.05) is 0 Å². The van der Waals surface area contributed by atoms with E-state index >= 15 is 0 Å². The Morgan fingerprint density at radius 1 is 1.00 bits per heavy atom. The summed E-state index contributed by atoms with van der Waals surface area (Å²) in [5, 5.41) is 20.5. The number of aromatic carboxylic acids is 2. The molecule has 0 aliphatic carbocycles. The fourth-order valence-corrected chi connectivity index (χ4v) is 0.773. The van der Waals surface area contributed by atoms with Crippen LogP contribution >= 0.6 is 0 Å². The third-order valence-corrected chi connectivity index (χ3v) is 1.33. The molecule has 0 aliphatic heterocycles. The van der Waals surface area contributed by atoms with E-state index in [1.807, 2.05) is 0 Å². The quantitative estimate of drug-likeness (QED) is 0.562. The van der Waals surface area contributed by atoms with Gasteiger partial charge in [-0.3, -0.25) is 0 Å². The zero-order valence-electron chi connectivity index (χ0n) is 6.30. The Hall–Kier alpha value is -1.32. The molecule has 1 aromatic carbocycles. The Morgan fingerprint density at radius 3 is 1.69 bits per heavy atom. The summed E-state index contributed by atoms with van der Waals surface area (Å²) in [7, 11) is 0. The van der Waals surface area contributed by atoms with Crippen molar-refractivity contribution in [3.05, 3.63) is 35.4 Å². The van der Waals surface area contributed by atoms with Gasteiger partial charge in [0.05, 0.1) is 11.9 Å². The minimum Gasteiger partial charge on any atom is -0.545 e. The fraction of sp³-hybridized carbons (Fsp3) is 0. The van der Waals surface area contributed by atoms with Gasteiger partial charge in [-0.2, -0.15) is 0 Å². The molecule has 0 unspecified atom stereocenters. The molecule has 0 bridgehead atoms. The molecule has 0 N–H and O–H groups in total. The summed E-state index contributed by atoms with van der Waals surface area (Å²) in [6, 6.07) is 4.81. The maximum atomic E-state index is 10.3. The number of rotatable bonds is 2. The van der Waals surface area contributed by atoms with Crippen LogP contribution in [-0.4, -0.2) is 11.9 Å². The molecule has 4 nitrogen and oxygen atoms in total. The third kappa shape index (κ3) is 2.89. The topological polar surface area (TPSA) is 80.3 Å². The zero-order valence-corrected chi connectivity index (χ0v) is 7.40. The van der Waals surface area contributed by atoms with Crippen LogP contribution in [0.4, 0.5) is 0 Å². The maximum absolute atomic E-state index is 10.3. The van der Waals surface area contributed by atoms with Crippen LogP contribution in [0.5, 0.6) is 0 Å². The molecule has 5 heteroatoms. The zero-order chi connectivity index (χ0) is 9.14. The molecule has 0 aliphatic rings. The Kier molecular flexibility index (Phi) is 4.17. The molecular weight excluding hydrogens is 216 g/mol. The van der Waals surface area contributed by atoms with E-state index in [1.165, 1.54) is 18.2 Å². The van der Waals surface area contributed by atoms with Crippen molar-refractivity contribution < 1.29 is 36.9 Å². The van der Waals surface area contributed by atoms with Crippen molar-refractivity contribution in [3.8, 4) is 0 Å². The molecule has 0 fully saturated rings. The third-order valence-electron chi connectivity index (χ3n) is 1.33. The van der Waals surface area contributed by atoms with E-state index in [0.717, 1.165) is 6.07 Å². The van der Waals surface area contributed by atoms with Crippen molar-refractivity contribution in [2.24, 2.45) is 0 Å². The molecule has 1 aromatic rings. The molecule has 0 atom stereocenters. The van der Waals surface area contributed by atoms with E-state index in [-0.39, 0.29) is 28.2 Å². The second-order valence-electron chi connectivity index (χ2n) is 2.16. The molecule has 0 amide bonds. The van der Waals surface area contributed by atoms with Gasteiger partial charge in [-0.05, 0) is 17.2 Å². The van der Waals surface area contributed by atoms with E-state index in [2.05, 4.69) is 0 Å². The van der Waals surface area contributed by atoms with E-state index in [1.54, 1.807) is 0 Å². The van der Waals surface area contributed by atoms with Gasteiger partial charge in [0.1, 0.15) is 0 Å². The summed E-state index contributed by atoms with van der Waals surface area (Å²) in [4.78, 5) is 20.5. The van der Waals surface area contributed by atoms with Crippen LogP contribution in [0.25, 0.3) is 0 Å². The van der Waals surface area contributed by atoms with Crippen LogP contribution in [0, 0.1) is 0 Å². The van der Waals surface area contributed by atoms with Gasteiger partial charge < -0.3 is 19.8 Å². The number of carbonyl (C=O) groups is 2. The van der Waals surface area contributed by atoms with Crippen molar-refractivity contribution in [2.45, 2.75) is 0 Å². The van der Waals surface area contributed by atoms with Crippen LogP contribution < -0.4 is 10.2 Å². The summed E-state index contributed by atoms with van der Waals surface area (Å²) in [5.74, 6) is -2.81. The monoisotopic (exact) mass is 220 g/mol. The Labute approximate surface area is 84.7 Å². The van der Waals surface area contributed by atoms with Crippen LogP contribution in [-0.2, 0) is 17.1 Å². The number of carbonyl (C=O) groups excluding carboxylic acids is 2. The Bertz CT molecular complexity index is 305. The van der Waals surface area contributed by atoms with Crippen molar-refractivity contribution in [1.29, 1.82) is 0 Å². The van der Waals surface area contributed by atoms with Gasteiger partial charge in [0, 0.05) is 0 Å². The van der Waals surface area contributed by atoms with Gasteiger partial charge in [-0.25, -0.2) is 0 Å². The minimum atomic E-state index is -1.40. The first-order valence-corrected chi connectivity index (χ1v) is 3.14. The van der Waals surface area contributed by atoms with Crippen LogP contribution in [0.2, 0.25) is 0 Å². The fourth-order valence-electron chi connectivity index (χ4n) is 0.773. The van der Waals surface area contributed by atoms with E-state index in [9.17, 15) is 19.8 Å². The number of carboxylic acids is 2. The maximum Gasteiger partial charge on any atom is 2.00 e. The molecule has 1 rings (SSSR count). The Morgan fingerprint density at radius 2 is 1.38 bits per heavy atom. The second kappa shape index (κ2) is 4.64. The average Bonchev–Trinajstić information content (AvgIpc) is 2.04. The molecule has 0 aromatic heterocycles. The van der Waals surface area contributed by atoms with E-state index < -0.39 is 11.9 Å². The molecule has 0 saturated carbocycles. The van der Waals surface area contributed by atoms with Gasteiger partial charge in [0.15, 0.2) is 0 Å². The summed E-state index contributed by atoms with van der Waals surface area (Å²) in [5.41, 5.74) is -0.339. The van der Waals surface area contributed by atoms with Crippen molar-refractivity contribution >= 4 is 11.9 Å². The number of hydrogen-bond acceptors (Lipinski definition) is 4.